The third-order valence-corrected chi connectivity index (χ3v) is 6.50. The Labute approximate surface area is 239 Å². The summed E-state index contributed by atoms with van der Waals surface area (Å²) in [4.78, 5) is 4.53. The molecule has 2 aromatic carbocycles. The molecule has 0 aromatic heterocycles. The van der Waals surface area contributed by atoms with Crippen molar-refractivity contribution in [1.29, 1.82) is 0 Å². The average molecular weight is 522 g/mol. The van der Waals surface area contributed by atoms with E-state index in [-0.39, 0.29) is 0 Å². The zero-order valence-corrected chi connectivity index (χ0v) is 27.5. The summed E-state index contributed by atoms with van der Waals surface area (Å²) in [6.45, 7) is 29.5. The van der Waals surface area contributed by atoms with Gasteiger partial charge in [0.1, 0.15) is 0 Å². The molecule has 0 bridgehead atoms. The fourth-order valence-corrected chi connectivity index (χ4v) is 3.80. The van der Waals surface area contributed by atoms with Gasteiger partial charge in [0.25, 0.3) is 0 Å². The van der Waals surface area contributed by atoms with Crippen molar-refractivity contribution in [2.24, 2.45) is 16.8 Å². The van der Waals surface area contributed by atoms with Crippen molar-refractivity contribution in [1.82, 2.24) is 0 Å². The lowest BCUT2D eigenvalue weighted by Crippen LogP contribution is -1.86. The second kappa shape index (κ2) is 23.9. The molecule has 38 heavy (non-hydrogen) atoms. The Morgan fingerprint density at radius 3 is 1.76 bits per heavy atom. The summed E-state index contributed by atoms with van der Waals surface area (Å²) in [6.07, 6.45) is 11.1. The molecule has 1 heteroatoms. The van der Waals surface area contributed by atoms with Crippen LogP contribution in [-0.4, -0.2) is 5.71 Å². The highest BCUT2D eigenvalue weighted by atomic mass is 14.7. The van der Waals surface area contributed by atoms with Gasteiger partial charge in [0.2, 0.25) is 0 Å². The minimum absolute atomic E-state index is 0.903. The molecule has 1 nitrogen and oxygen atoms in total. The van der Waals surface area contributed by atoms with Gasteiger partial charge in [-0.05, 0) is 70.1 Å². The molecule has 1 saturated carbocycles. The maximum Gasteiger partial charge on any atom is 0.0658 e. The quantitative estimate of drug-likeness (QED) is 0.335. The molecule has 0 atom stereocenters. The van der Waals surface area contributed by atoms with E-state index in [4.69, 9.17) is 0 Å². The lowest BCUT2D eigenvalue weighted by atomic mass is 10.1. The molecule has 0 spiro atoms. The molecule has 0 unspecified atom stereocenters. The van der Waals surface area contributed by atoms with Gasteiger partial charge in [-0.1, -0.05) is 153 Å². The van der Waals surface area contributed by atoms with Crippen molar-refractivity contribution in [3.63, 3.8) is 0 Å². The van der Waals surface area contributed by atoms with E-state index in [9.17, 15) is 0 Å². The Morgan fingerprint density at radius 1 is 0.895 bits per heavy atom. The molecule has 0 saturated heterocycles. The number of aryl methyl sites for hydroxylation is 3. The zero-order valence-electron chi connectivity index (χ0n) is 27.5. The molecule has 216 valence electrons. The molecule has 0 amide bonds. The van der Waals surface area contributed by atoms with Crippen LogP contribution in [0.2, 0.25) is 0 Å². The van der Waals surface area contributed by atoms with Crippen LogP contribution in [0.5, 0.6) is 0 Å². The number of hydrogen-bond donors (Lipinski definition) is 0. The van der Waals surface area contributed by atoms with Crippen LogP contribution in [0.1, 0.15) is 136 Å². The Balaban J connectivity index is 0. The normalized spacial score (nSPS) is 12.6. The predicted molar refractivity (Wildman–Crippen MR) is 178 cm³/mol. The SMILES string of the molecule is C=C(C)c1ccc(C)cc1.CC.CC1CCCC1.CCC(C)=Nc1ccc(C)cc1C.CCCCC(C)C. The van der Waals surface area contributed by atoms with Gasteiger partial charge in [-0.2, -0.15) is 0 Å². The summed E-state index contributed by atoms with van der Waals surface area (Å²) in [5, 5.41) is 0. The first-order valence-electron chi connectivity index (χ1n) is 15.3. The van der Waals surface area contributed by atoms with Crippen LogP contribution in [0, 0.1) is 32.6 Å². The van der Waals surface area contributed by atoms with E-state index in [0.717, 1.165) is 29.5 Å². The van der Waals surface area contributed by atoms with Crippen LogP contribution in [0.15, 0.2) is 54.0 Å². The van der Waals surface area contributed by atoms with Crippen LogP contribution in [0.3, 0.4) is 0 Å². The molecular weight excluding hydrogens is 458 g/mol. The molecule has 3 rings (SSSR count). The number of benzene rings is 2. The number of allylic oxidation sites excluding steroid dienone is 1. The Hall–Kier alpha value is -2.15. The van der Waals surface area contributed by atoms with E-state index in [1.54, 1.807) is 0 Å². The van der Waals surface area contributed by atoms with Crippen molar-refractivity contribution in [2.45, 2.75) is 134 Å². The molecule has 1 fully saturated rings. The molecule has 0 heterocycles. The monoisotopic (exact) mass is 521 g/mol. The lowest BCUT2D eigenvalue weighted by Gasteiger charge is -2.02. The Bertz CT molecular complexity index is 864. The van der Waals surface area contributed by atoms with Crippen molar-refractivity contribution >= 4 is 17.0 Å². The van der Waals surface area contributed by atoms with Gasteiger partial charge < -0.3 is 0 Å². The molecule has 0 aliphatic heterocycles. The fraction of sp³-hybridized carbons (Fsp3) is 0.595. The smallest absolute Gasteiger partial charge is 0.0658 e. The van der Waals surface area contributed by atoms with E-state index >= 15 is 0 Å². The molecule has 0 radical (unpaired) electrons. The van der Waals surface area contributed by atoms with Crippen molar-refractivity contribution in [3.8, 4) is 0 Å². The average Bonchev–Trinajstić information content (AvgIpc) is 3.38. The molecule has 2 aromatic rings. The van der Waals surface area contributed by atoms with E-state index in [1.807, 2.05) is 20.8 Å². The van der Waals surface area contributed by atoms with Gasteiger partial charge in [0, 0.05) is 5.71 Å². The van der Waals surface area contributed by atoms with Gasteiger partial charge in [0.05, 0.1) is 5.69 Å². The summed E-state index contributed by atoms with van der Waals surface area (Å²) >= 11 is 0. The highest BCUT2D eigenvalue weighted by molar-refractivity contribution is 5.84. The van der Waals surface area contributed by atoms with Crippen LogP contribution < -0.4 is 0 Å². The second-order valence-electron chi connectivity index (χ2n) is 11.1. The number of hydrogen-bond acceptors (Lipinski definition) is 1. The third-order valence-electron chi connectivity index (χ3n) is 6.50. The van der Waals surface area contributed by atoms with Gasteiger partial charge >= 0.3 is 0 Å². The highest BCUT2D eigenvalue weighted by Gasteiger charge is 2.07. The number of unbranched alkanes of at least 4 members (excludes halogenated alkanes) is 1. The van der Waals surface area contributed by atoms with Gasteiger partial charge in [-0.15, -0.1) is 0 Å². The standard InChI is InChI=1S/C12H17N.C10H12.C7H16.C6H12.C2H6/c1-5-11(4)13-12-7-6-9(2)8-10(12)3;1-8(2)10-6-4-9(3)5-7-10;1-4-5-6-7(2)3;1-6-4-2-3-5-6;1-2/h6-8H,5H2,1-4H3;4-7H,1H2,2-3H3;7H,4-6H2,1-3H3;6H,2-5H2,1H3;1-2H3. The van der Waals surface area contributed by atoms with E-state index in [1.165, 1.54) is 72.9 Å². The molecule has 0 N–H and O–H groups in total. The van der Waals surface area contributed by atoms with Crippen molar-refractivity contribution in [3.05, 3.63) is 71.3 Å². The maximum absolute atomic E-state index is 4.53. The Kier molecular flexibility index (Phi) is 23.9. The first-order chi connectivity index (χ1) is 18.0. The zero-order chi connectivity index (χ0) is 29.5. The van der Waals surface area contributed by atoms with E-state index in [0.29, 0.717) is 0 Å². The molecule has 1 aliphatic carbocycles. The van der Waals surface area contributed by atoms with E-state index in [2.05, 4.69) is 116 Å². The van der Waals surface area contributed by atoms with Gasteiger partial charge in [-0.3, -0.25) is 4.99 Å². The lowest BCUT2D eigenvalue weighted by molar-refractivity contribution is 0.550. The summed E-state index contributed by atoms with van der Waals surface area (Å²) in [5.41, 5.74) is 8.49. The van der Waals surface area contributed by atoms with Crippen molar-refractivity contribution in [2.75, 3.05) is 0 Å². The predicted octanol–water partition coefficient (Wildman–Crippen LogP) is 12.9. The minimum Gasteiger partial charge on any atom is -0.258 e. The summed E-state index contributed by atoms with van der Waals surface area (Å²) in [5.74, 6) is 1.95. The Morgan fingerprint density at radius 2 is 1.42 bits per heavy atom. The largest absolute Gasteiger partial charge is 0.258 e. The minimum atomic E-state index is 0.903. The first kappa shape index (κ1) is 38.0. The van der Waals surface area contributed by atoms with Crippen molar-refractivity contribution < 1.29 is 0 Å². The van der Waals surface area contributed by atoms with Crippen LogP contribution in [0.4, 0.5) is 5.69 Å². The van der Waals surface area contributed by atoms with Gasteiger partial charge in [-0.25, -0.2) is 0 Å². The molecular formula is C37H63N. The van der Waals surface area contributed by atoms with Crippen LogP contribution >= 0.6 is 0 Å². The number of aliphatic imine (C=N–C) groups is 1. The second-order valence-corrected chi connectivity index (χ2v) is 11.1. The van der Waals surface area contributed by atoms with Crippen LogP contribution in [-0.2, 0) is 0 Å². The van der Waals surface area contributed by atoms with E-state index < -0.39 is 0 Å². The molecule has 1 aliphatic rings. The summed E-state index contributed by atoms with van der Waals surface area (Å²) < 4.78 is 0. The van der Waals surface area contributed by atoms with Gasteiger partial charge in [0.15, 0.2) is 0 Å². The maximum atomic E-state index is 4.53. The third kappa shape index (κ3) is 20.9. The van der Waals surface area contributed by atoms with Crippen LogP contribution in [0.25, 0.3) is 5.57 Å². The summed E-state index contributed by atoms with van der Waals surface area (Å²) in [6, 6.07) is 14.8. The first-order valence-corrected chi connectivity index (χ1v) is 15.3. The fourth-order valence-electron chi connectivity index (χ4n) is 3.80. The summed E-state index contributed by atoms with van der Waals surface area (Å²) in [7, 11) is 0. The highest BCUT2D eigenvalue weighted by Crippen LogP contribution is 2.23. The number of nitrogens with zero attached hydrogens (tertiary/aromatic N) is 1. The number of rotatable bonds is 6. The topological polar surface area (TPSA) is 12.4 Å².